The van der Waals surface area contributed by atoms with E-state index in [4.69, 9.17) is 0 Å². The van der Waals surface area contributed by atoms with E-state index >= 15 is 0 Å². The summed E-state index contributed by atoms with van der Waals surface area (Å²) in [6.07, 6.45) is 1.27. The van der Waals surface area contributed by atoms with Crippen molar-refractivity contribution in [1.29, 1.82) is 0 Å². The average Bonchev–Trinajstić information content (AvgIpc) is 2.26. The molecule has 0 aromatic heterocycles. The van der Waals surface area contributed by atoms with E-state index in [2.05, 4.69) is 63.3 Å². The number of nitrogens with one attached hydrogen (secondary N) is 1. The molecule has 0 bridgehead atoms. The minimum atomic E-state index is 0.494. The summed E-state index contributed by atoms with van der Waals surface area (Å²) >= 11 is 0. The van der Waals surface area contributed by atoms with Gasteiger partial charge in [-0.1, -0.05) is 58.0 Å². The van der Waals surface area contributed by atoms with Gasteiger partial charge in [-0.15, -0.1) is 0 Å². The quantitative estimate of drug-likeness (QED) is 0.762. The molecule has 0 spiro atoms. The Kier molecular flexibility index (Phi) is 5.54. The highest BCUT2D eigenvalue weighted by Gasteiger charge is 2.18. The van der Waals surface area contributed by atoms with Crippen molar-refractivity contribution in [1.82, 2.24) is 5.32 Å². The van der Waals surface area contributed by atoms with Crippen molar-refractivity contribution in [2.75, 3.05) is 6.54 Å². The Morgan fingerprint density at radius 3 is 2.19 bits per heavy atom. The molecule has 90 valence electrons. The molecule has 0 radical (unpaired) electrons. The third kappa shape index (κ3) is 3.97. The topological polar surface area (TPSA) is 12.0 Å². The van der Waals surface area contributed by atoms with Gasteiger partial charge in [-0.05, 0) is 30.4 Å². The molecule has 1 heteroatoms. The van der Waals surface area contributed by atoms with Crippen LogP contribution in [0.5, 0.6) is 0 Å². The van der Waals surface area contributed by atoms with Gasteiger partial charge in [0.05, 0.1) is 0 Å². The van der Waals surface area contributed by atoms with Gasteiger partial charge in [-0.25, -0.2) is 0 Å². The van der Waals surface area contributed by atoms with Gasteiger partial charge in [0.25, 0.3) is 0 Å². The molecule has 1 N–H and O–H groups in total. The zero-order chi connectivity index (χ0) is 12.0. The Hall–Kier alpha value is -0.820. The molecule has 0 aliphatic rings. The molecule has 16 heavy (non-hydrogen) atoms. The summed E-state index contributed by atoms with van der Waals surface area (Å²) in [5.41, 5.74) is 1.41. The number of benzene rings is 1. The average molecular weight is 219 g/mol. The SMILES string of the molecule is CCNC(c1ccccc1)C(C)CC(C)C. The number of rotatable bonds is 6. The van der Waals surface area contributed by atoms with E-state index in [1.807, 2.05) is 0 Å². The molecule has 1 rings (SSSR count). The summed E-state index contributed by atoms with van der Waals surface area (Å²) in [7, 11) is 0. The van der Waals surface area contributed by atoms with Crippen LogP contribution in [0.25, 0.3) is 0 Å². The molecule has 0 saturated carbocycles. The fraction of sp³-hybridized carbons (Fsp3) is 0.600. The second-order valence-electron chi connectivity index (χ2n) is 5.05. The standard InChI is InChI=1S/C15H25N/c1-5-16-15(13(4)11-12(2)3)14-9-7-6-8-10-14/h6-10,12-13,15-16H,5,11H2,1-4H3. The Morgan fingerprint density at radius 1 is 1.06 bits per heavy atom. The molecule has 0 fully saturated rings. The van der Waals surface area contributed by atoms with Crippen molar-refractivity contribution in [3.05, 3.63) is 35.9 Å². The van der Waals surface area contributed by atoms with Crippen LogP contribution in [0.15, 0.2) is 30.3 Å². The highest BCUT2D eigenvalue weighted by Crippen LogP contribution is 2.26. The van der Waals surface area contributed by atoms with Gasteiger partial charge in [-0.2, -0.15) is 0 Å². The van der Waals surface area contributed by atoms with Gasteiger partial charge >= 0.3 is 0 Å². The van der Waals surface area contributed by atoms with Gasteiger partial charge in [0.1, 0.15) is 0 Å². The molecule has 2 unspecified atom stereocenters. The highest BCUT2D eigenvalue weighted by atomic mass is 14.9. The van der Waals surface area contributed by atoms with Gasteiger partial charge in [0, 0.05) is 6.04 Å². The van der Waals surface area contributed by atoms with Crippen molar-refractivity contribution >= 4 is 0 Å². The Balaban J connectivity index is 2.74. The third-order valence-electron chi connectivity index (χ3n) is 2.99. The summed E-state index contributed by atoms with van der Waals surface area (Å²) in [5.74, 6) is 1.45. The summed E-state index contributed by atoms with van der Waals surface area (Å²) in [5, 5.41) is 3.60. The molecule has 2 atom stereocenters. The van der Waals surface area contributed by atoms with E-state index in [1.165, 1.54) is 12.0 Å². The molecule has 0 heterocycles. The lowest BCUT2D eigenvalue weighted by molar-refractivity contribution is 0.333. The second-order valence-corrected chi connectivity index (χ2v) is 5.05. The summed E-state index contributed by atoms with van der Waals surface area (Å²) in [4.78, 5) is 0. The van der Waals surface area contributed by atoms with Crippen molar-refractivity contribution in [2.24, 2.45) is 11.8 Å². The maximum Gasteiger partial charge on any atom is 0.0346 e. The largest absolute Gasteiger partial charge is 0.310 e. The van der Waals surface area contributed by atoms with E-state index in [0.717, 1.165) is 12.5 Å². The van der Waals surface area contributed by atoms with Crippen LogP contribution >= 0.6 is 0 Å². The molecule has 1 aromatic carbocycles. The van der Waals surface area contributed by atoms with Gasteiger partial charge in [0.15, 0.2) is 0 Å². The van der Waals surface area contributed by atoms with E-state index in [9.17, 15) is 0 Å². The van der Waals surface area contributed by atoms with Crippen molar-refractivity contribution < 1.29 is 0 Å². The lowest BCUT2D eigenvalue weighted by Crippen LogP contribution is -2.27. The Morgan fingerprint density at radius 2 is 1.69 bits per heavy atom. The first-order valence-electron chi connectivity index (χ1n) is 6.43. The van der Waals surface area contributed by atoms with E-state index < -0.39 is 0 Å². The van der Waals surface area contributed by atoms with Crippen LogP contribution in [0.3, 0.4) is 0 Å². The van der Waals surface area contributed by atoms with Gasteiger partial charge in [0.2, 0.25) is 0 Å². The first kappa shape index (κ1) is 13.2. The predicted octanol–water partition coefficient (Wildman–Crippen LogP) is 4.02. The van der Waals surface area contributed by atoms with Gasteiger partial charge in [-0.3, -0.25) is 0 Å². The van der Waals surface area contributed by atoms with E-state index in [1.54, 1.807) is 0 Å². The Bertz CT molecular complexity index is 279. The molecule has 0 saturated heterocycles. The van der Waals surface area contributed by atoms with Crippen molar-refractivity contribution in [2.45, 2.75) is 40.2 Å². The van der Waals surface area contributed by atoms with E-state index in [0.29, 0.717) is 12.0 Å². The number of hydrogen-bond donors (Lipinski definition) is 1. The summed E-state index contributed by atoms with van der Waals surface area (Å²) in [6, 6.07) is 11.3. The molecule has 1 aromatic rings. The second kappa shape index (κ2) is 6.70. The van der Waals surface area contributed by atoms with E-state index in [-0.39, 0.29) is 0 Å². The summed E-state index contributed by atoms with van der Waals surface area (Å²) in [6.45, 7) is 10.1. The summed E-state index contributed by atoms with van der Waals surface area (Å²) < 4.78 is 0. The zero-order valence-electron chi connectivity index (χ0n) is 11.0. The smallest absolute Gasteiger partial charge is 0.0346 e. The first-order valence-corrected chi connectivity index (χ1v) is 6.43. The maximum atomic E-state index is 3.60. The highest BCUT2D eigenvalue weighted by molar-refractivity contribution is 5.19. The van der Waals surface area contributed by atoms with Crippen LogP contribution in [0.4, 0.5) is 0 Å². The number of hydrogen-bond acceptors (Lipinski definition) is 1. The normalized spacial score (nSPS) is 15.1. The van der Waals surface area contributed by atoms with Crippen molar-refractivity contribution in [3.63, 3.8) is 0 Å². The van der Waals surface area contributed by atoms with Crippen LogP contribution in [-0.4, -0.2) is 6.54 Å². The molecular formula is C15H25N. The lowest BCUT2D eigenvalue weighted by Gasteiger charge is -2.26. The van der Waals surface area contributed by atoms with Crippen LogP contribution in [0.1, 0.15) is 45.7 Å². The van der Waals surface area contributed by atoms with Gasteiger partial charge < -0.3 is 5.32 Å². The van der Waals surface area contributed by atoms with Crippen LogP contribution in [0, 0.1) is 11.8 Å². The minimum absolute atomic E-state index is 0.494. The predicted molar refractivity (Wildman–Crippen MR) is 71.5 cm³/mol. The fourth-order valence-corrected chi connectivity index (χ4v) is 2.41. The molecule has 1 nitrogen and oxygen atoms in total. The zero-order valence-corrected chi connectivity index (χ0v) is 11.0. The molecule has 0 aliphatic heterocycles. The fourth-order valence-electron chi connectivity index (χ4n) is 2.41. The van der Waals surface area contributed by atoms with Crippen LogP contribution < -0.4 is 5.32 Å². The third-order valence-corrected chi connectivity index (χ3v) is 2.99. The lowest BCUT2D eigenvalue weighted by atomic mass is 9.88. The maximum absolute atomic E-state index is 3.60. The van der Waals surface area contributed by atoms with Crippen LogP contribution in [0.2, 0.25) is 0 Å². The van der Waals surface area contributed by atoms with Crippen LogP contribution in [-0.2, 0) is 0 Å². The molecule has 0 aliphatic carbocycles. The molecular weight excluding hydrogens is 194 g/mol. The Labute approximate surface area is 100 Å². The molecule has 0 amide bonds. The minimum Gasteiger partial charge on any atom is -0.310 e. The first-order chi connectivity index (χ1) is 7.65. The van der Waals surface area contributed by atoms with Crippen molar-refractivity contribution in [3.8, 4) is 0 Å². The monoisotopic (exact) mass is 219 g/mol.